The summed E-state index contributed by atoms with van der Waals surface area (Å²) in [7, 11) is 0. The number of halogens is 1. The molecule has 1 aromatic carbocycles. The molecule has 1 saturated carbocycles. The van der Waals surface area contributed by atoms with Crippen LogP contribution < -0.4 is 10.9 Å². The number of nitrogens with zero attached hydrogens (tertiary/aromatic N) is 2. The zero-order valence-electron chi connectivity index (χ0n) is 24.2. The van der Waals surface area contributed by atoms with E-state index in [1.807, 2.05) is 6.92 Å². The van der Waals surface area contributed by atoms with Gasteiger partial charge in [-0.15, -0.1) is 0 Å². The number of fused-ring (bicyclic) bond motifs is 5. The van der Waals surface area contributed by atoms with Crippen molar-refractivity contribution in [3.63, 3.8) is 0 Å². The summed E-state index contributed by atoms with van der Waals surface area (Å²) in [5.41, 5.74) is 2.34. The number of nitrogens with one attached hydrogen (secondary N) is 1. The third-order valence-electron chi connectivity index (χ3n) is 9.49. The average molecular weight is 592 g/mol. The average Bonchev–Trinajstić information content (AvgIpc) is 3.75. The van der Waals surface area contributed by atoms with Gasteiger partial charge >= 0.3 is 5.97 Å². The number of benzene rings is 1. The summed E-state index contributed by atoms with van der Waals surface area (Å²) in [5, 5.41) is 24.7. The smallest absolute Gasteiger partial charge is 0.343 e. The number of ether oxygens (including phenoxy) is 2. The van der Waals surface area contributed by atoms with Crippen molar-refractivity contribution in [2.75, 3.05) is 13.2 Å². The number of cyclic esters (lactones) is 1. The minimum Gasteiger partial charge on any atom is -0.458 e. The second-order valence-electron chi connectivity index (χ2n) is 12.2. The minimum atomic E-state index is -1.95. The maximum absolute atomic E-state index is 15.2. The highest BCUT2D eigenvalue weighted by Crippen LogP contribution is 2.46. The van der Waals surface area contributed by atoms with Crippen molar-refractivity contribution < 1.29 is 33.7 Å². The van der Waals surface area contributed by atoms with E-state index < -0.39 is 23.7 Å². The van der Waals surface area contributed by atoms with Crippen molar-refractivity contribution in [1.82, 2.24) is 14.9 Å². The molecular formula is C32H34FN3O7. The van der Waals surface area contributed by atoms with Crippen LogP contribution >= 0.6 is 0 Å². The molecule has 7 rings (SSSR count). The van der Waals surface area contributed by atoms with E-state index in [2.05, 4.69) is 5.32 Å². The zero-order valence-corrected chi connectivity index (χ0v) is 24.2. The van der Waals surface area contributed by atoms with Gasteiger partial charge < -0.3 is 29.6 Å². The van der Waals surface area contributed by atoms with Gasteiger partial charge in [0.05, 0.1) is 48.3 Å². The van der Waals surface area contributed by atoms with Gasteiger partial charge in [0.1, 0.15) is 18.5 Å². The molecule has 3 aromatic rings. The zero-order chi connectivity index (χ0) is 30.2. The van der Waals surface area contributed by atoms with Crippen molar-refractivity contribution in [3.05, 3.63) is 61.7 Å². The summed E-state index contributed by atoms with van der Waals surface area (Å²) >= 11 is 0. The van der Waals surface area contributed by atoms with Crippen LogP contribution in [0.15, 0.2) is 16.9 Å². The largest absolute Gasteiger partial charge is 0.458 e. The molecule has 10 nitrogen and oxygen atoms in total. The molecule has 2 aliphatic heterocycles. The first-order valence-electron chi connectivity index (χ1n) is 15.0. The van der Waals surface area contributed by atoms with Gasteiger partial charge in [0.25, 0.3) is 5.56 Å². The highest BCUT2D eigenvalue weighted by Gasteiger charge is 2.47. The summed E-state index contributed by atoms with van der Waals surface area (Å²) in [6.07, 6.45) is 2.72. The minimum absolute atomic E-state index is 0.0644. The number of carbonyl (C=O) groups is 2. The van der Waals surface area contributed by atoms with Gasteiger partial charge in [-0.25, -0.2) is 14.2 Å². The first-order valence-corrected chi connectivity index (χ1v) is 15.0. The number of aryl methyl sites for hydroxylation is 1. The number of aliphatic hydroxyl groups excluding tert-OH is 1. The van der Waals surface area contributed by atoms with Crippen LogP contribution in [0.5, 0.6) is 0 Å². The summed E-state index contributed by atoms with van der Waals surface area (Å²) in [4.78, 5) is 45.0. The highest BCUT2D eigenvalue weighted by molar-refractivity contribution is 5.94. The molecule has 1 unspecified atom stereocenters. The maximum Gasteiger partial charge on any atom is 0.343 e. The fourth-order valence-electron chi connectivity index (χ4n) is 7.22. The lowest BCUT2D eigenvalue weighted by Crippen LogP contribution is -2.44. The molecule has 0 radical (unpaired) electrons. The van der Waals surface area contributed by atoms with Crippen molar-refractivity contribution in [1.29, 1.82) is 0 Å². The number of aliphatic hydroxyl groups is 2. The lowest BCUT2D eigenvalue weighted by atomic mass is 9.81. The molecule has 43 heavy (non-hydrogen) atoms. The van der Waals surface area contributed by atoms with Gasteiger partial charge in [0.15, 0.2) is 5.60 Å². The van der Waals surface area contributed by atoms with Crippen molar-refractivity contribution in [2.24, 2.45) is 5.92 Å². The van der Waals surface area contributed by atoms with Crippen LogP contribution in [-0.2, 0) is 44.2 Å². The quantitative estimate of drug-likeness (QED) is 0.266. The van der Waals surface area contributed by atoms with E-state index in [4.69, 9.17) is 14.5 Å². The van der Waals surface area contributed by atoms with Gasteiger partial charge in [-0.3, -0.25) is 9.59 Å². The fraction of sp³-hybridized carbons (Fsp3) is 0.500. The maximum atomic E-state index is 15.2. The normalized spacial score (nSPS) is 22.5. The molecule has 0 bridgehead atoms. The number of hydrogen-bond donors (Lipinski definition) is 3. The second kappa shape index (κ2) is 10.2. The lowest BCUT2D eigenvalue weighted by Gasteiger charge is -2.32. The summed E-state index contributed by atoms with van der Waals surface area (Å²) < 4.78 is 27.7. The van der Waals surface area contributed by atoms with Crippen LogP contribution in [0, 0.1) is 18.7 Å². The Kier molecular flexibility index (Phi) is 6.68. The van der Waals surface area contributed by atoms with Gasteiger partial charge in [-0.2, -0.15) is 0 Å². The number of rotatable bonds is 8. The predicted molar refractivity (Wildman–Crippen MR) is 153 cm³/mol. The first kappa shape index (κ1) is 28.1. The van der Waals surface area contributed by atoms with Crippen molar-refractivity contribution in [2.45, 2.75) is 83.3 Å². The van der Waals surface area contributed by atoms with Gasteiger partial charge in [-0.1, -0.05) is 13.3 Å². The lowest BCUT2D eigenvalue weighted by molar-refractivity contribution is -0.172. The number of hydrogen-bond acceptors (Lipinski definition) is 8. The Labute approximate surface area is 246 Å². The molecule has 226 valence electrons. The van der Waals surface area contributed by atoms with E-state index in [0.29, 0.717) is 41.7 Å². The second-order valence-corrected chi connectivity index (χ2v) is 12.2. The topological polar surface area (TPSA) is 140 Å². The van der Waals surface area contributed by atoms with Crippen LogP contribution in [0.3, 0.4) is 0 Å². The van der Waals surface area contributed by atoms with Crippen LogP contribution in [0.2, 0.25) is 0 Å². The Morgan fingerprint density at radius 1 is 1.26 bits per heavy atom. The molecule has 3 N–H and O–H groups in total. The van der Waals surface area contributed by atoms with Crippen molar-refractivity contribution >= 4 is 22.8 Å². The van der Waals surface area contributed by atoms with E-state index in [0.717, 1.165) is 34.9 Å². The molecular weight excluding hydrogens is 557 g/mol. The third-order valence-corrected chi connectivity index (χ3v) is 9.49. The molecule has 0 saturated heterocycles. The van der Waals surface area contributed by atoms with E-state index in [-0.39, 0.29) is 67.1 Å². The summed E-state index contributed by atoms with van der Waals surface area (Å²) in [6.45, 7) is 3.39. The van der Waals surface area contributed by atoms with Crippen molar-refractivity contribution in [3.8, 4) is 11.4 Å². The Hall–Kier alpha value is -3.67. The van der Waals surface area contributed by atoms with Crippen LogP contribution in [0.1, 0.15) is 78.5 Å². The molecule has 4 heterocycles. The van der Waals surface area contributed by atoms with Gasteiger partial charge in [0, 0.05) is 22.6 Å². The third kappa shape index (κ3) is 4.23. The van der Waals surface area contributed by atoms with Gasteiger partial charge in [-0.05, 0) is 67.7 Å². The van der Waals surface area contributed by atoms with E-state index in [1.165, 1.54) is 6.07 Å². The highest BCUT2D eigenvalue weighted by atomic mass is 19.1. The van der Waals surface area contributed by atoms with E-state index in [9.17, 15) is 24.6 Å². The molecule has 4 aliphatic rings. The standard InChI is InChI=1S/C32H34FN3O7/c1-3-8-32(41)20-11-24-27-18(13-36(24)30(39)19(20)14-43-31(32)40)26-22(35-29(38)28(16-4-5-16)42-10-9-37)7-6-17-15(2)21(33)12-23(34-27)25(17)26/h11-12,16,22,28,37,41H,3-10,13-14H2,1-2H3,(H,35,38)/t22-,28?,32-/m0/s1. The number of pyridine rings is 2. The van der Waals surface area contributed by atoms with Crippen LogP contribution in [-0.4, -0.2) is 51.0 Å². The van der Waals surface area contributed by atoms with Gasteiger partial charge in [0.2, 0.25) is 5.91 Å². The summed E-state index contributed by atoms with van der Waals surface area (Å²) in [5.74, 6) is -1.33. The molecule has 3 atom stereocenters. The SMILES string of the molecule is CCC[C@@]1(O)C(=O)OCc2c1cc1n(c2=O)Cc2c-1nc1cc(F)c(C)c3c1c2[C@@H](NC(=O)C(OCCO)C1CC1)CC3. The molecule has 1 fully saturated rings. The Bertz CT molecular complexity index is 1760. The summed E-state index contributed by atoms with van der Waals surface area (Å²) in [6, 6.07) is 2.60. The van der Waals surface area contributed by atoms with E-state index >= 15 is 4.39 Å². The molecule has 2 aromatic heterocycles. The van der Waals surface area contributed by atoms with Crippen LogP contribution in [0.25, 0.3) is 22.3 Å². The molecule has 2 aliphatic carbocycles. The first-order chi connectivity index (χ1) is 20.7. The number of aromatic nitrogens is 2. The Morgan fingerprint density at radius 3 is 2.77 bits per heavy atom. The fourth-order valence-corrected chi connectivity index (χ4v) is 7.22. The monoisotopic (exact) mass is 591 g/mol. The Balaban J connectivity index is 1.40. The van der Waals surface area contributed by atoms with E-state index in [1.54, 1.807) is 17.6 Å². The molecule has 0 spiro atoms. The predicted octanol–water partition coefficient (Wildman–Crippen LogP) is 2.81. The number of amides is 1. The molecule has 11 heteroatoms. The number of esters is 1. The Morgan fingerprint density at radius 2 is 2.05 bits per heavy atom. The van der Waals surface area contributed by atoms with Crippen LogP contribution in [0.4, 0.5) is 4.39 Å². The number of carbonyl (C=O) groups excluding carboxylic acids is 2. The molecule has 1 amide bonds.